The maximum atomic E-state index is 9.64. The van der Waals surface area contributed by atoms with Crippen molar-refractivity contribution in [1.82, 2.24) is 9.55 Å². The molecule has 1 saturated carbocycles. The van der Waals surface area contributed by atoms with Crippen molar-refractivity contribution >= 4 is 16.7 Å². The third-order valence-electron chi connectivity index (χ3n) is 4.81. The molecule has 0 amide bonds. The topological polar surface area (TPSA) is 64.1 Å². The fraction of sp³-hybridized carbons (Fsp3) is 0.588. The Morgan fingerprint density at radius 3 is 2.71 bits per heavy atom. The molecule has 0 bridgehead atoms. The molecular weight excluding hydrogens is 262 g/mol. The number of anilines is 1. The molecule has 0 saturated heterocycles. The van der Waals surface area contributed by atoms with Crippen molar-refractivity contribution in [2.75, 3.05) is 5.73 Å². The summed E-state index contributed by atoms with van der Waals surface area (Å²) < 4.78 is 2.25. The van der Waals surface area contributed by atoms with E-state index in [0.717, 1.165) is 28.5 Å². The van der Waals surface area contributed by atoms with E-state index in [-0.39, 0.29) is 6.61 Å². The Morgan fingerprint density at radius 2 is 2.05 bits per heavy atom. The molecule has 1 aromatic heterocycles. The highest BCUT2D eigenvalue weighted by Crippen LogP contribution is 2.37. The zero-order valence-electron chi connectivity index (χ0n) is 12.8. The summed E-state index contributed by atoms with van der Waals surface area (Å²) in [5.41, 5.74) is 8.57. The summed E-state index contributed by atoms with van der Waals surface area (Å²) in [5.74, 6) is 1.66. The molecule has 114 valence electrons. The number of aliphatic hydroxyl groups is 1. The first-order valence-electron chi connectivity index (χ1n) is 8.10. The molecule has 4 nitrogen and oxygen atoms in total. The minimum absolute atomic E-state index is 0.0104. The lowest BCUT2D eigenvalue weighted by atomic mass is 9.83. The smallest absolute Gasteiger partial charge is 0.135 e. The second-order valence-electron chi connectivity index (χ2n) is 6.27. The Hall–Kier alpha value is -1.55. The van der Waals surface area contributed by atoms with Crippen molar-refractivity contribution in [3.8, 4) is 0 Å². The lowest BCUT2D eigenvalue weighted by Gasteiger charge is -2.30. The fourth-order valence-corrected chi connectivity index (χ4v) is 3.78. The van der Waals surface area contributed by atoms with Crippen molar-refractivity contribution in [2.45, 2.75) is 58.1 Å². The molecule has 2 aromatic rings. The number of benzene rings is 1. The average Bonchev–Trinajstić information content (AvgIpc) is 2.86. The summed E-state index contributed by atoms with van der Waals surface area (Å²) in [5, 5.41) is 9.64. The molecule has 0 radical (unpaired) electrons. The van der Waals surface area contributed by atoms with Crippen molar-refractivity contribution in [3.05, 3.63) is 24.0 Å². The minimum atomic E-state index is -0.0104. The van der Waals surface area contributed by atoms with Crippen LogP contribution in [-0.4, -0.2) is 14.7 Å². The number of aliphatic hydroxyl groups excluding tert-OH is 1. The molecular formula is C17H25N3O. The van der Waals surface area contributed by atoms with Crippen LogP contribution in [0.3, 0.4) is 0 Å². The van der Waals surface area contributed by atoms with Crippen LogP contribution >= 0.6 is 0 Å². The van der Waals surface area contributed by atoms with E-state index in [0.29, 0.717) is 6.04 Å². The van der Waals surface area contributed by atoms with E-state index < -0.39 is 0 Å². The average molecular weight is 287 g/mol. The van der Waals surface area contributed by atoms with Gasteiger partial charge in [0, 0.05) is 11.7 Å². The number of hydrogen-bond donors (Lipinski definition) is 2. The van der Waals surface area contributed by atoms with Crippen molar-refractivity contribution < 1.29 is 5.11 Å². The lowest BCUT2D eigenvalue weighted by molar-refractivity contribution is 0.233. The number of hydrogen-bond acceptors (Lipinski definition) is 3. The summed E-state index contributed by atoms with van der Waals surface area (Å²) in [6.07, 6.45) is 7.59. The zero-order chi connectivity index (χ0) is 14.8. The molecule has 0 unspecified atom stereocenters. The highest BCUT2D eigenvalue weighted by atomic mass is 16.3. The predicted octanol–water partition coefficient (Wildman–Crippen LogP) is 3.64. The van der Waals surface area contributed by atoms with Crippen molar-refractivity contribution in [2.24, 2.45) is 5.92 Å². The van der Waals surface area contributed by atoms with Crippen LogP contribution in [0.5, 0.6) is 0 Å². The van der Waals surface area contributed by atoms with Gasteiger partial charge >= 0.3 is 0 Å². The van der Waals surface area contributed by atoms with Crippen LogP contribution in [0.25, 0.3) is 11.0 Å². The van der Waals surface area contributed by atoms with Gasteiger partial charge in [-0.05, 0) is 49.8 Å². The first kappa shape index (κ1) is 14.4. The zero-order valence-corrected chi connectivity index (χ0v) is 12.8. The van der Waals surface area contributed by atoms with Crippen LogP contribution < -0.4 is 5.73 Å². The maximum absolute atomic E-state index is 9.64. The van der Waals surface area contributed by atoms with Gasteiger partial charge in [-0.3, -0.25) is 0 Å². The van der Waals surface area contributed by atoms with Gasteiger partial charge < -0.3 is 15.4 Å². The van der Waals surface area contributed by atoms with Crippen molar-refractivity contribution in [1.29, 1.82) is 0 Å². The predicted molar refractivity (Wildman–Crippen MR) is 86.0 cm³/mol. The Labute approximate surface area is 126 Å². The third kappa shape index (κ3) is 2.77. The summed E-state index contributed by atoms with van der Waals surface area (Å²) >= 11 is 0. The number of aromatic nitrogens is 2. The van der Waals surface area contributed by atoms with E-state index >= 15 is 0 Å². The quantitative estimate of drug-likeness (QED) is 0.844. The monoisotopic (exact) mass is 287 g/mol. The highest BCUT2D eigenvalue weighted by Gasteiger charge is 2.25. The number of nitrogens with two attached hydrogens (primary N) is 1. The molecule has 1 aliphatic carbocycles. The molecule has 3 rings (SSSR count). The largest absolute Gasteiger partial charge is 0.399 e. The standard InChI is InChI=1S/C17H25N3O/c1-2-3-12-4-7-14(8-5-12)20-16-9-6-13(18)10-15(16)19-17(20)11-21/h6,9-10,12,14,21H,2-5,7-8,11,18H2,1H3. The second kappa shape index (κ2) is 6.06. The van der Waals surface area contributed by atoms with Crippen LogP contribution in [0.15, 0.2) is 18.2 Å². The number of rotatable bonds is 4. The van der Waals surface area contributed by atoms with Crippen molar-refractivity contribution in [3.63, 3.8) is 0 Å². The van der Waals surface area contributed by atoms with Gasteiger partial charge in [0.15, 0.2) is 0 Å². The number of nitrogens with zero attached hydrogens (tertiary/aromatic N) is 2. The third-order valence-corrected chi connectivity index (χ3v) is 4.81. The molecule has 1 aromatic carbocycles. The van der Waals surface area contributed by atoms with Crippen LogP contribution in [-0.2, 0) is 6.61 Å². The van der Waals surface area contributed by atoms with E-state index in [9.17, 15) is 5.11 Å². The van der Waals surface area contributed by atoms with Gasteiger partial charge in [-0.1, -0.05) is 19.8 Å². The second-order valence-corrected chi connectivity index (χ2v) is 6.27. The molecule has 1 heterocycles. The molecule has 1 fully saturated rings. The molecule has 21 heavy (non-hydrogen) atoms. The molecule has 0 spiro atoms. The fourth-order valence-electron chi connectivity index (χ4n) is 3.78. The number of nitrogen functional groups attached to an aromatic ring is 1. The lowest BCUT2D eigenvalue weighted by Crippen LogP contribution is -2.20. The van der Waals surface area contributed by atoms with Crippen LogP contribution in [0.2, 0.25) is 0 Å². The maximum Gasteiger partial charge on any atom is 0.135 e. The van der Waals surface area contributed by atoms with Crippen LogP contribution in [0.4, 0.5) is 5.69 Å². The van der Waals surface area contributed by atoms with Crippen LogP contribution in [0, 0.1) is 5.92 Å². The van der Waals surface area contributed by atoms with E-state index in [1.165, 1.54) is 38.5 Å². The molecule has 4 heteroatoms. The normalized spacial score (nSPS) is 22.8. The van der Waals surface area contributed by atoms with E-state index in [1.807, 2.05) is 18.2 Å². The van der Waals surface area contributed by atoms with E-state index in [1.54, 1.807) is 0 Å². The summed E-state index contributed by atoms with van der Waals surface area (Å²) in [7, 11) is 0. The molecule has 1 aliphatic rings. The Kier molecular flexibility index (Phi) is 4.15. The summed E-state index contributed by atoms with van der Waals surface area (Å²) in [6.45, 7) is 2.26. The minimum Gasteiger partial charge on any atom is -0.399 e. The number of fused-ring (bicyclic) bond motifs is 1. The van der Waals surface area contributed by atoms with Gasteiger partial charge in [-0.2, -0.15) is 0 Å². The SMILES string of the molecule is CCCC1CCC(n2c(CO)nc3cc(N)ccc32)CC1. The van der Waals surface area contributed by atoms with Crippen LogP contribution in [0.1, 0.15) is 57.3 Å². The summed E-state index contributed by atoms with van der Waals surface area (Å²) in [6, 6.07) is 6.32. The van der Waals surface area contributed by atoms with Gasteiger partial charge in [0.25, 0.3) is 0 Å². The Bertz CT molecular complexity index is 612. The Morgan fingerprint density at radius 1 is 1.29 bits per heavy atom. The first-order chi connectivity index (χ1) is 10.2. The molecule has 0 aliphatic heterocycles. The van der Waals surface area contributed by atoms with E-state index in [2.05, 4.69) is 16.5 Å². The van der Waals surface area contributed by atoms with Gasteiger partial charge in [0.1, 0.15) is 12.4 Å². The van der Waals surface area contributed by atoms with Gasteiger partial charge in [0.2, 0.25) is 0 Å². The highest BCUT2D eigenvalue weighted by molar-refractivity contribution is 5.79. The molecule has 3 N–H and O–H groups in total. The number of imidazole rings is 1. The van der Waals surface area contributed by atoms with Gasteiger partial charge in [0.05, 0.1) is 11.0 Å². The van der Waals surface area contributed by atoms with Gasteiger partial charge in [-0.25, -0.2) is 4.98 Å². The summed E-state index contributed by atoms with van der Waals surface area (Å²) in [4.78, 5) is 4.56. The Balaban J connectivity index is 1.89. The molecule has 0 atom stereocenters. The van der Waals surface area contributed by atoms with E-state index in [4.69, 9.17) is 5.73 Å². The first-order valence-corrected chi connectivity index (χ1v) is 8.10. The van der Waals surface area contributed by atoms with Gasteiger partial charge in [-0.15, -0.1) is 0 Å².